The average molecular weight is 484 g/mol. The Morgan fingerprint density at radius 3 is 2.50 bits per heavy atom. The van der Waals surface area contributed by atoms with Gasteiger partial charge in [0.15, 0.2) is 11.5 Å². The zero-order valence-electron chi connectivity index (χ0n) is 18.1. The highest BCUT2D eigenvalue weighted by molar-refractivity contribution is 7.92. The van der Waals surface area contributed by atoms with Crippen molar-refractivity contribution < 1.29 is 27.6 Å². The zero-order valence-corrected chi connectivity index (χ0v) is 19.0. The average Bonchev–Trinajstić information content (AvgIpc) is 3.30. The fourth-order valence-corrected chi connectivity index (χ4v) is 4.37. The molecule has 4 rings (SSSR count). The van der Waals surface area contributed by atoms with Crippen molar-refractivity contribution in [2.75, 3.05) is 24.1 Å². The lowest BCUT2D eigenvalue weighted by Crippen LogP contribution is -2.15. The number of benzene rings is 3. The minimum atomic E-state index is -4.20. The van der Waals surface area contributed by atoms with Crippen LogP contribution in [-0.4, -0.2) is 33.0 Å². The summed E-state index contributed by atoms with van der Waals surface area (Å²) in [6, 6.07) is 14.9. The number of rotatable bonds is 8. The molecular weight excluding hydrogens is 464 g/mol. The number of fused-ring (bicyclic) bond motifs is 1. The molecule has 0 amide bonds. The van der Waals surface area contributed by atoms with E-state index in [1.165, 1.54) is 31.4 Å². The molecule has 176 valence electrons. The van der Waals surface area contributed by atoms with Gasteiger partial charge in [0.25, 0.3) is 15.7 Å². The second-order valence-electron chi connectivity index (χ2n) is 7.15. The predicted octanol–water partition coefficient (Wildman–Crippen LogP) is 3.97. The number of nitro benzene ring substituents is 1. The first kappa shape index (κ1) is 22.9. The van der Waals surface area contributed by atoms with Gasteiger partial charge in [0.05, 0.1) is 23.4 Å². The smallest absolute Gasteiger partial charge is 0.270 e. The van der Waals surface area contributed by atoms with Gasteiger partial charge in [-0.2, -0.15) is 5.10 Å². The van der Waals surface area contributed by atoms with Crippen molar-refractivity contribution in [3.05, 3.63) is 76.3 Å². The molecule has 2 N–H and O–H groups in total. The van der Waals surface area contributed by atoms with E-state index < -0.39 is 14.9 Å². The summed E-state index contributed by atoms with van der Waals surface area (Å²) >= 11 is 0. The van der Waals surface area contributed by atoms with Crippen molar-refractivity contribution in [1.29, 1.82) is 0 Å². The summed E-state index contributed by atoms with van der Waals surface area (Å²) in [7, 11) is -2.71. The molecule has 11 nitrogen and oxygen atoms in total. The number of nitro groups is 1. The molecule has 0 fully saturated rings. The van der Waals surface area contributed by atoms with E-state index in [4.69, 9.17) is 14.2 Å². The Balaban J connectivity index is 1.64. The maximum atomic E-state index is 13.1. The van der Waals surface area contributed by atoms with Crippen molar-refractivity contribution in [1.82, 2.24) is 0 Å². The molecule has 1 heterocycles. The number of anilines is 2. The van der Waals surface area contributed by atoms with Crippen LogP contribution in [0.2, 0.25) is 0 Å². The van der Waals surface area contributed by atoms with E-state index in [1.807, 2.05) is 0 Å². The molecule has 1 aliphatic rings. The molecule has 0 unspecified atom stereocenters. The molecule has 0 aromatic heterocycles. The van der Waals surface area contributed by atoms with Gasteiger partial charge in [-0.1, -0.05) is 0 Å². The Morgan fingerprint density at radius 2 is 1.79 bits per heavy atom. The SMILES string of the molecule is COc1ccc(NS(=O)(=O)c2cc([N+](=O)[O-])ccc2N/N=C(\C)c2ccc3c(c2)OCO3)cc1. The number of sulfonamides is 1. The third kappa shape index (κ3) is 4.86. The lowest BCUT2D eigenvalue weighted by molar-refractivity contribution is -0.385. The van der Waals surface area contributed by atoms with Crippen molar-refractivity contribution >= 4 is 32.8 Å². The minimum Gasteiger partial charge on any atom is -0.497 e. The first-order valence-electron chi connectivity index (χ1n) is 9.92. The van der Waals surface area contributed by atoms with E-state index in [0.717, 1.165) is 11.6 Å². The molecule has 34 heavy (non-hydrogen) atoms. The van der Waals surface area contributed by atoms with Crippen molar-refractivity contribution in [3.8, 4) is 17.2 Å². The molecule has 0 radical (unpaired) electrons. The first-order valence-corrected chi connectivity index (χ1v) is 11.4. The fourth-order valence-electron chi connectivity index (χ4n) is 3.14. The number of hydrogen-bond donors (Lipinski definition) is 2. The van der Waals surface area contributed by atoms with Gasteiger partial charge in [0.1, 0.15) is 10.6 Å². The van der Waals surface area contributed by atoms with E-state index in [-0.39, 0.29) is 28.8 Å². The Hall–Kier alpha value is -4.32. The molecule has 0 saturated carbocycles. The maximum Gasteiger partial charge on any atom is 0.270 e. The fraction of sp³-hybridized carbons (Fsp3) is 0.136. The standard InChI is InChI=1S/C22H20N4O7S/c1-14(15-3-10-20-21(11-15)33-13-32-20)23-24-19-9-6-17(26(27)28)12-22(19)34(29,30)25-16-4-7-18(31-2)8-5-16/h3-12,24-25H,13H2,1-2H3/b23-14+. The quantitative estimate of drug-likeness (QED) is 0.278. The number of non-ortho nitro benzene ring substituents is 1. The minimum absolute atomic E-state index is 0.0618. The monoisotopic (exact) mass is 484 g/mol. The number of nitrogens with one attached hydrogen (secondary N) is 2. The van der Waals surface area contributed by atoms with Gasteiger partial charge in [-0.3, -0.25) is 20.3 Å². The first-order chi connectivity index (χ1) is 16.3. The van der Waals surface area contributed by atoms with Gasteiger partial charge in [-0.15, -0.1) is 0 Å². The van der Waals surface area contributed by atoms with Crippen molar-refractivity contribution in [3.63, 3.8) is 0 Å². The third-order valence-corrected chi connectivity index (χ3v) is 6.36. The molecule has 3 aromatic carbocycles. The second-order valence-corrected chi connectivity index (χ2v) is 8.80. The van der Waals surface area contributed by atoms with E-state index in [2.05, 4.69) is 15.2 Å². The summed E-state index contributed by atoms with van der Waals surface area (Å²) in [6.45, 7) is 1.86. The van der Waals surface area contributed by atoms with Gasteiger partial charge in [-0.25, -0.2) is 8.42 Å². The molecular formula is C22H20N4O7S. The van der Waals surface area contributed by atoms with Crippen molar-refractivity contribution in [2.45, 2.75) is 11.8 Å². The van der Waals surface area contributed by atoms with Crippen LogP contribution in [0.3, 0.4) is 0 Å². The Kier molecular flexibility index (Phi) is 6.23. The topological polar surface area (TPSA) is 141 Å². The maximum absolute atomic E-state index is 13.1. The molecule has 0 atom stereocenters. The second kappa shape index (κ2) is 9.27. The van der Waals surface area contributed by atoms with Crippen molar-refractivity contribution in [2.24, 2.45) is 5.10 Å². The molecule has 0 aliphatic carbocycles. The number of nitrogens with zero attached hydrogens (tertiary/aromatic N) is 2. The Bertz CT molecular complexity index is 1370. The predicted molar refractivity (Wildman–Crippen MR) is 125 cm³/mol. The van der Waals surface area contributed by atoms with Crippen LogP contribution in [0.5, 0.6) is 17.2 Å². The summed E-state index contributed by atoms with van der Waals surface area (Å²) in [5.41, 5.74) is 3.91. The van der Waals surface area contributed by atoms with E-state index in [1.54, 1.807) is 37.3 Å². The Labute approximate surface area is 195 Å². The summed E-state index contributed by atoms with van der Waals surface area (Å²) in [5.74, 6) is 1.75. The molecule has 0 bridgehead atoms. The lowest BCUT2D eigenvalue weighted by Gasteiger charge is -2.13. The van der Waals surface area contributed by atoms with Crippen LogP contribution in [0.25, 0.3) is 0 Å². The van der Waals surface area contributed by atoms with Gasteiger partial charge in [0.2, 0.25) is 6.79 Å². The van der Waals surface area contributed by atoms with Gasteiger partial charge >= 0.3 is 0 Å². The molecule has 1 aliphatic heterocycles. The van der Waals surface area contributed by atoms with Gasteiger partial charge in [-0.05, 0) is 55.5 Å². The van der Waals surface area contributed by atoms with Crippen LogP contribution in [0.4, 0.5) is 17.1 Å². The highest BCUT2D eigenvalue weighted by Crippen LogP contribution is 2.33. The van der Waals surface area contributed by atoms with E-state index >= 15 is 0 Å². The van der Waals surface area contributed by atoms with Crippen LogP contribution < -0.4 is 24.4 Å². The summed E-state index contributed by atoms with van der Waals surface area (Å²) in [6.07, 6.45) is 0. The molecule has 3 aromatic rings. The highest BCUT2D eigenvalue weighted by Gasteiger charge is 2.23. The summed E-state index contributed by atoms with van der Waals surface area (Å²) in [4.78, 5) is 10.3. The lowest BCUT2D eigenvalue weighted by atomic mass is 10.1. The molecule has 12 heteroatoms. The summed E-state index contributed by atoms with van der Waals surface area (Å²) < 4.78 is 44.4. The molecule has 0 saturated heterocycles. The van der Waals surface area contributed by atoms with Crippen LogP contribution in [0.15, 0.2) is 70.7 Å². The normalized spacial score (nSPS) is 12.8. The number of methoxy groups -OCH3 is 1. The van der Waals surface area contributed by atoms with Crippen LogP contribution in [0.1, 0.15) is 12.5 Å². The van der Waals surface area contributed by atoms with Crippen LogP contribution in [-0.2, 0) is 10.0 Å². The number of hydrogen-bond acceptors (Lipinski definition) is 9. The van der Waals surface area contributed by atoms with Gasteiger partial charge in [0, 0.05) is 23.4 Å². The highest BCUT2D eigenvalue weighted by atomic mass is 32.2. The Morgan fingerprint density at radius 1 is 1.06 bits per heavy atom. The van der Waals surface area contributed by atoms with Crippen LogP contribution >= 0.6 is 0 Å². The number of ether oxygens (including phenoxy) is 3. The third-order valence-electron chi connectivity index (χ3n) is 4.94. The molecule has 0 spiro atoms. The number of hydrazone groups is 1. The van der Waals surface area contributed by atoms with E-state index in [9.17, 15) is 18.5 Å². The van der Waals surface area contributed by atoms with Gasteiger partial charge < -0.3 is 14.2 Å². The van der Waals surface area contributed by atoms with E-state index in [0.29, 0.717) is 23.0 Å². The largest absolute Gasteiger partial charge is 0.497 e. The van der Waals surface area contributed by atoms with Crippen LogP contribution in [0, 0.1) is 10.1 Å². The summed E-state index contributed by atoms with van der Waals surface area (Å²) in [5, 5.41) is 15.5. The zero-order chi connectivity index (χ0) is 24.3.